The summed E-state index contributed by atoms with van der Waals surface area (Å²) in [5, 5.41) is 1.16. The molecule has 0 aliphatic rings. The van der Waals surface area contributed by atoms with Gasteiger partial charge in [0.1, 0.15) is 6.29 Å². The zero-order valence-corrected chi connectivity index (χ0v) is 17.8. The van der Waals surface area contributed by atoms with Gasteiger partial charge >= 0.3 is 0 Å². The molecule has 0 atom stereocenters. The van der Waals surface area contributed by atoms with E-state index in [4.69, 9.17) is 9.16 Å². The average Bonchev–Trinajstić information content (AvgIpc) is 3.08. The lowest BCUT2D eigenvalue weighted by molar-refractivity contribution is 0.112. The number of aromatic amines is 1. The van der Waals surface area contributed by atoms with Gasteiger partial charge in [-0.15, -0.1) is 0 Å². The van der Waals surface area contributed by atoms with Gasteiger partial charge in [0.05, 0.1) is 7.11 Å². The number of benzene rings is 2. The molecule has 2 aromatic carbocycles. The Morgan fingerprint density at radius 1 is 1.07 bits per heavy atom. The van der Waals surface area contributed by atoms with Gasteiger partial charge in [0.25, 0.3) is 8.32 Å². The first kappa shape index (κ1) is 19.2. The van der Waals surface area contributed by atoms with Gasteiger partial charge in [-0.1, -0.05) is 26.8 Å². The molecule has 0 saturated carbocycles. The van der Waals surface area contributed by atoms with Crippen LogP contribution in [0.15, 0.2) is 42.6 Å². The molecule has 27 heavy (non-hydrogen) atoms. The monoisotopic (exact) mass is 381 g/mol. The molecule has 0 amide bonds. The molecule has 1 heterocycles. The van der Waals surface area contributed by atoms with Gasteiger partial charge in [0.2, 0.25) is 0 Å². The van der Waals surface area contributed by atoms with E-state index in [-0.39, 0.29) is 5.04 Å². The number of ether oxygens (including phenoxy) is 1. The summed E-state index contributed by atoms with van der Waals surface area (Å²) in [4.78, 5) is 14.7. The van der Waals surface area contributed by atoms with Crippen LogP contribution >= 0.6 is 0 Å². The third-order valence-corrected chi connectivity index (χ3v) is 9.79. The maximum absolute atomic E-state index is 11.5. The molecule has 1 aromatic heterocycles. The molecule has 3 rings (SSSR count). The van der Waals surface area contributed by atoms with Crippen LogP contribution in [0.2, 0.25) is 18.1 Å². The van der Waals surface area contributed by atoms with Gasteiger partial charge in [-0.3, -0.25) is 4.79 Å². The number of fused-ring (bicyclic) bond motifs is 1. The highest BCUT2D eigenvalue weighted by Gasteiger charge is 2.40. The van der Waals surface area contributed by atoms with Gasteiger partial charge in [0.15, 0.2) is 11.5 Å². The third kappa shape index (κ3) is 3.65. The lowest BCUT2D eigenvalue weighted by atomic mass is 10.0. The lowest BCUT2D eigenvalue weighted by Gasteiger charge is -2.37. The highest BCUT2D eigenvalue weighted by molar-refractivity contribution is 6.74. The first-order valence-electron chi connectivity index (χ1n) is 9.10. The Bertz CT molecular complexity index is 983. The van der Waals surface area contributed by atoms with E-state index in [9.17, 15) is 4.79 Å². The van der Waals surface area contributed by atoms with Crippen molar-refractivity contribution >= 4 is 25.5 Å². The fraction of sp³-hybridized carbons (Fsp3) is 0.318. The van der Waals surface area contributed by atoms with Gasteiger partial charge in [-0.25, -0.2) is 0 Å². The number of rotatable bonds is 5. The van der Waals surface area contributed by atoms with Crippen molar-refractivity contribution in [1.29, 1.82) is 0 Å². The minimum Gasteiger partial charge on any atom is -0.541 e. The van der Waals surface area contributed by atoms with Crippen molar-refractivity contribution < 1.29 is 14.0 Å². The van der Waals surface area contributed by atoms with E-state index in [2.05, 4.69) is 44.9 Å². The van der Waals surface area contributed by atoms with Crippen molar-refractivity contribution in [2.24, 2.45) is 0 Å². The van der Waals surface area contributed by atoms with Crippen LogP contribution in [0.25, 0.3) is 22.0 Å². The maximum Gasteiger partial charge on any atom is 0.250 e. The molecule has 4 nitrogen and oxygen atoms in total. The molecule has 0 bridgehead atoms. The predicted molar refractivity (Wildman–Crippen MR) is 113 cm³/mol. The minimum absolute atomic E-state index is 0.0448. The van der Waals surface area contributed by atoms with E-state index in [0.717, 1.165) is 28.3 Å². The number of aromatic nitrogens is 1. The Labute approximate surface area is 161 Å². The summed E-state index contributed by atoms with van der Waals surface area (Å²) in [6.07, 6.45) is 2.76. The van der Waals surface area contributed by atoms with Crippen LogP contribution in [0.3, 0.4) is 0 Å². The topological polar surface area (TPSA) is 51.3 Å². The number of methoxy groups -OCH3 is 1. The summed E-state index contributed by atoms with van der Waals surface area (Å²) in [5.74, 6) is 1.30. The van der Waals surface area contributed by atoms with E-state index < -0.39 is 8.32 Å². The highest BCUT2D eigenvalue weighted by Crippen LogP contribution is 2.45. The van der Waals surface area contributed by atoms with E-state index >= 15 is 0 Å². The summed E-state index contributed by atoms with van der Waals surface area (Å²) in [7, 11) is -0.488. The van der Waals surface area contributed by atoms with Crippen molar-refractivity contribution in [2.75, 3.05) is 7.11 Å². The molecule has 0 aliphatic carbocycles. The molecule has 0 saturated heterocycles. The Balaban J connectivity index is 2.22. The zero-order chi connectivity index (χ0) is 19.8. The standard InChI is InChI=1S/C22H27NO3Si/c1-22(2,3)27(5,6)26-21-18(11-15(14-24)12-20(21)25-4)16-7-8-19-17(13-16)9-10-23-19/h7-14,23H,1-6H3. The first-order chi connectivity index (χ1) is 12.7. The van der Waals surface area contributed by atoms with Crippen molar-refractivity contribution in [3.63, 3.8) is 0 Å². The second-order valence-corrected chi connectivity index (χ2v) is 13.1. The second-order valence-electron chi connectivity index (χ2n) is 8.36. The molecule has 1 N–H and O–H groups in total. The van der Waals surface area contributed by atoms with Gasteiger partial charge < -0.3 is 14.1 Å². The quantitative estimate of drug-likeness (QED) is 0.433. The van der Waals surface area contributed by atoms with Crippen LogP contribution in [0.4, 0.5) is 0 Å². The molecule has 0 fully saturated rings. The van der Waals surface area contributed by atoms with Gasteiger partial charge in [-0.2, -0.15) is 0 Å². The zero-order valence-electron chi connectivity index (χ0n) is 16.8. The number of aldehydes is 1. The minimum atomic E-state index is -2.10. The smallest absolute Gasteiger partial charge is 0.250 e. The fourth-order valence-electron chi connectivity index (χ4n) is 2.79. The third-order valence-electron chi connectivity index (χ3n) is 5.46. The molecular formula is C22H27NO3Si. The van der Waals surface area contributed by atoms with Gasteiger partial charge in [0, 0.05) is 22.8 Å². The fourth-order valence-corrected chi connectivity index (χ4v) is 3.82. The van der Waals surface area contributed by atoms with E-state index in [0.29, 0.717) is 17.1 Å². The highest BCUT2D eigenvalue weighted by atomic mass is 28.4. The number of carbonyl (C=O) groups is 1. The molecule has 142 valence electrons. The average molecular weight is 382 g/mol. The lowest BCUT2D eigenvalue weighted by Crippen LogP contribution is -2.44. The molecular weight excluding hydrogens is 354 g/mol. The first-order valence-corrected chi connectivity index (χ1v) is 12.0. The Hall–Kier alpha value is -2.53. The number of hydrogen-bond donors (Lipinski definition) is 1. The SMILES string of the molecule is COc1cc(C=O)cc(-c2ccc3[nH]ccc3c2)c1O[Si](C)(C)C(C)(C)C. The maximum atomic E-state index is 11.5. The summed E-state index contributed by atoms with van der Waals surface area (Å²) in [6, 6.07) is 11.9. The van der Waals surface area contributed by atoms with E-state index in [1.807, 2.05) is 30.5 Å². The second kappa shape index (κ2) is 6.89. The van der Waals surface area contributed by atoms with Crippen molar-refractivity contribution in [3.05, 3.63) is 48.2 Å². The normalized spacial score (nSPS) is 12.2. The van der Waals surface area contributed by atoms with Crippen molar-refractivity contribution in [2.45, 2.75) is 38.9 Å². The molecule has 5 heteroatoms. The molecule has 0 radical (unpaired) electrons. The number of H-pyrrole nitrogens is 1. The van der Waals surface area contributed by atoms with Crippen LogP contribution in [-0.4, -0.2) is 26.7 Å². The van der Waals surface area contributed by atoms with E-state index in [1.54, 1.807) is 13.2 Å². The van der Waals surface area contributed by atoms with Crippen LogP contribution in [-0.2, 0) is 0 Å². The van der Waals surface area contributed by atoms with Crippen LogP contribution in [0.1, 0.15) is 31.1 Å². The summed E-state index contributed by atoms with van der Waals surface area (Å²) in [6.45, 7) is 11.0. The van der Waals surface area contributed by atoms with Crippen molar-refractivity contribution in [3.8, 4) is 22.6 Å². The molecule has 0 aliphatic heterocycles. The summed E-state index contributed by atoms with van der Waals surface area (Å²) in [5.41, 5.74) is 3.52. The van der Waals surface area contributed by atoms with Crippen LogP contribution < -0.4 is 9.16 Å². The molecule has 0 unspecified atom stereocenters. The Kier molecular flexibility index (Phi) is 4.91. The van der Waals surface area contributed by atoms with Crippen LogP contribution in [0.5, 0.6) is 11.5 Å². The Morgan fingerprint density at radius 2 is 1.81 bits per heavy atom. The molecule has 0 spiro atoms. The van der Waals surface area contributed by atoms with Crippen molar-refractivity contribution in [1.82, 2.24) is 4.98 Å². The summed E-state index contributed by atoms with van der Waals surface area (Å²) < 4.78 is 12.3. The largest absolute Gasteiger partial charge is 0.541 e. The number of nitrogens with one attached hydrogen (secondary N) is 1. The number of carbonyl (C=O) groups excluding carboxylic acids is 1. The predicted octanol–water partition coefficient (Wildman–Crippen LogP) is 6.04. The Morgan fingerprint density at radius 3 is 2.44 bits per heavy atom. The number of hydrogen-bond acceptors (Lipinski definition) is 3. The van der Waals surface area contributed by atoms with E-state index in [1.165, 1.54) is 0 Å². The van der Waals surface area contributed by atoms with Crippen LogP contribution in [0, 0.1) is 0 Å². The summed E-state index contributed by atoms with van der Waals surface area (Å²) >= 11 is 0. The van der Waals surface area contributed by atoms with Gasteiger partial charge in [-0.05, 0) is 59.4 Å². The molecule has 3 aromatic rings.